The van der Waals surface area contributed by atoms with E-state index in [0.717, 1.165) is 13.0 Å². The van der Waals surface area contributed by atoms with Gasteiger partial charge in [0.1, 0.15) is 0 Å². The molecule has 0 aliphatic carbocycles. The second-order valence-electron chi connectivity index (χ2n) is 4.94. The van der Waals surface area contributed by atoms with E-state index in [-0.39, 0.29) is 23.4 Å². The summed E-state index contributed by atoms with van der Waals surface area (Å²) in [5, 5.41) is 6.30. The molecule has 88 valence electrons. The SMILES string of the molecule is COCC(C)(C)NC(=O)C1CCNC1C. The summed E-state index contributed by atoms with van der Waals surface area (Å²) >= 11 is 0. The predicted octanol–water partition coefficient (Wildman–Crippen LogP) is 0.526. The molecule has 1 fully saturated rings. The lowest BCUT2D eigenvalue weighted by Gasteiger charge is -2.27. The van der Waals surface area contributed by atoms with Crippen LogP contribution in [0.5, 0.6) is 0 Å². The van der Waals surface area contributed by atoms with Gasteiger partial charge in [0.05, 0.1) is 18.1 Å². The Morgan fingerprint density at radius 3 is 2.73 bits per heavy atom. The van der Waals surface area contributed by atoms with Crippen LogP contribution in [0.1, 0.15) is 27.2 Å². The Morgan fingerprint density at radius 1 is 1.60 bits per heavy atom. The molecule has 0 spiro atoms. The Bertz CT molecular complexity index is 229. The summed E-state index contributed by atoms with van der Waals surface area (Å²) in [6.07, 6.45) is 0.927. The van der Waals surface area contributed by atoms with Crippen LogP contribution in [-0.4, -0.2) is 37.7 Å². The predicted molar refractivity (Wildman–Crippen MR) is 59.7 cm³/mol. The third-order valence-corrected chi connectivity index (χ3v) is 2.83. The van der Waals surface area contributed by atoms with Gasteiger partial charge >= 0.3 is 0 Å². The highest BCUT2D eigenvalue weighted by Crippen LogP contribution is 2.16. The average molecular weight is 214 g/mol. The van der Waals surface area contributed by atoms with Crippen LogP contribution in [0.4, 0.5) is 0 Å². The average Bonchev–Trinajstić information content (AvgIpc) is 2.50. The van der Waals surface area contributed by atoms with E-state index < -0.39 is 0 Å². The Labute approximate surface area is 91.8 Å². The van der Waals surface area contributed by atoms with Gasteiger partial charge in [-0.15, -0.1) is 0 Å². The van der Waals surface area contributed by atoms with Gasteiger partial charge in [0.15, 0.2) is 0 Å². The van der Waals surface area contributed by atoms with Gasteiger partial charge in [0.25, 0.3) is 0 Å². The first kappa shape index (κ1) is 12.5. The number of methoxy groups -OCH3 is 1. The van der Waals surface area contributed by atoms with Crippen molar-refractivity contribution >= 4 is 5.91 Å². The van der Waals surface area contributed by atoms with E-state index in [1.807, 2.05) is 13.8 Å². The molecule has 1 rings (SSSR count). The Morgan fingerprint density at radius 2 is 2.27 bits per heavy atom. The molecule has 0 radical (unpaired) electrons. The number of amides is 1. The lowest BCUT2D eigenvalue weighted by Crippen LogP contribution is -2.50. The van der Waals surface area contributed by atoms with Crippen molar-refractivity contribution in [2.45, 2.75) is 38.8 Å². The second-order valence-corrected chi connectivity index (χ2v) is 4.94. The van der Waals surface area contributed by atoms with Crippen LogP contribution in [0.2, 0.25) is 0 Å². The van der Waals surface area contributed by atoms with Crippen LogP contribution in [0.15, 0.2) is 0 Å². The molecule has 1 saturated heterocycles. The zero-order chi connectivity index (χ0) is 11.5. The normalized spacial score (nSPS) is 26.7. The highest BCUT2D eigenvalue weighted by molar-refractivity contribution is 5.80. The van der Waals surface area contributed by atoms with E-state index in [1.165, 1.54) is 0 Å². The van der Waals surface area contributed by atoms with Crippen LogP contribution in [0.25, 0.3) is 0 Å². The van der Waals surface area contributed by atoms with E-state index in [2.05, 4.69) is 17.6 Å². The molecule has 4 nitrogen and oxygen atoms in total. The summed E-state index contributed by atoms with van der Waals surface area (Å²) in [6, 6.07) is 0.281. The van der Waals surface area contributed by atoms with Crippen molar-refractivity contribution < 1.29 is 9.53 Å². The summed E-state index contributed by atoms with van der Waals surface area (Å²) < 4.78 is 5.07. The highest BCUT2D eigenvalue weighted by Gasteiger charge is 2.32. The van der Waals surface area contributed by atoms with Crippen molar-refractivity contribution in [3.63, 3.8) is 0 Å². The molecule has 1 aliphatic rings. The fourth-order valence-corrected chi connectivity index (χ4v) is 2.04. The van der Waals surface area contributed by atoms with Crippen molar-refractivity contribution in [3.8, 4) is 0 Å². The van der Waals surface area contributed by atoms with Gasteiger partial charge in [-0.05, 0) is 33.7 Å². The summed E-state index contributed by atoms with van der Waals surface area (Å²) in [5.74, 6) is 0.232. The van der Waals surface area contributed by atoms with Crippen LogP contribution in [-0.2, 0) is 9.53 Å². The maximum atomic E-state index is 11.9. The number of ether oxygens (including phenoxy) is 1. The minimum atomic E-state index is -0.284. The third-order valence-electron chi connectivity index (χ3n) is 2.83. The van der Waals surface area contributed by atoms with E-state index in [0.29, 0.717) is 6.61 Å². The van der Waals surface area contributed by atoms with Crippen molar-refractivity contribution in [1.82, 2.24) is 10.6 Å². The number of carbonyl (C=O) groups excluding carboxylic acids is 1. The first-order chi connectivity index (χ1) is 6.96. The second kappa shape index (κ2) is 4.94. The highest BCUT2D eigenvalue weighted by atomic mass is 16.5. The number of hydrogen-bond donors (Lipinski definition) is 2. The first-order valence-corrected chi connectivity index (χ1v) is 5.50. The quantitative estimate of drug-likeness (QED) is 0.717. The van der Waals surface area contributed by atoms with Gasteiger partial charge < -0.3 is 15.4 Å². The number of carbonyl (C=O) groups is 1. The van der Waals surface area contributed by atoms with E-state index >= 15 is 0 Å². The Balaban J connectivity index is 2.47. The lowest BCUT2D eigenvalue weighted by atomic mass is 9.98. The molecule has 15 heavy (non-hydrogen) atoms. The third kappa shape index (κ3) is 3.47. The van der Waals surface area contributed by atoms with Crippen LogP contribution in [0.3, 0.4) is 0 Å². The monoisotopic (exact) mass is 214 g/mol. The molecule has 1 heterocycles. The van der Waals surface area contributed by atoms with E-state index in [9.17, 15) is 4.79 Å². The number of nitrogens with one attached hydrogen (secondary N) is 2. The van der Waals surface area contributed by atoms with Crippen LogP contribution in [0, 0.1) is 5.92 Å². The lowest BCUT2D eigenvalue weighted by molar-refractivity contribution is -0.127. The fourth-order valence-electron chi connectivity index (χ4n) is 2.04. The van der Waals surface area contributed by atoms with Gasteiger partial charge in [-0.1, -0.05) is 0 Å². The molecule has 0 aromatic rings. The Hall–Kier alpha value is -0.610. The zero-order valence-corrected chi connectivity index (χ0v) is 10.1. The maximum absolute atomic E-state index is 11.9. The molecule has 2 N–H and O–H groups in total. The minimum absolute atomic E-state index is 0.0983. The maximum Gasteiger partial charge on any atom is 0.225 e. The molecule has 0 bridgehead atoms. The molecule has 1 amide bonds. The first-order valence-electron chi connectivity index (χ1n) is 5.50. The number of hydrogen-bond acceptors (Lipinski definition) is 3. The molecular formula is C11H22N2O2. The molecule has 2 atom stereocenters. The largest absolute Gasteiger partial charge is 0.382 e. The van der Waals surface area contributed by atoms with Gasteiger partial charge in [-0.3, -0.25) is 4.79 Å². The molecule has 0 saturated carbocycles. The Kier molecular flexibility index (Phi) is 4.11. The van der Waals surface area contributed by atoms with E-state index in [4.69, 9.17) is 4.74 Å². The van der Waals surface area contributed by atoms with Gasteiger partial charge in [0.2, 0.25) is 5.91 Å². The van der Waals surface area contributed by atoms with Gasteiger partial charge in [-0.2, -0.15) is 0 Å². The molecule has 0 aromatic carbocycles. The van der Waals surface area contributed by atoms with Crippen molar-refractivity contribution in [3.05, 3.63) is 0 Å². The molecule has 2 unspecified atom stereocenters. The smallest absolute Gasteiger partial charge is 0.225 e. The summed E-state index contributed by atoms with van der Waals surface area (Å²) in [6.45, 7) is 7.47. The topological polar surface area (TPSA) is 50.4 Å². The van der Waals surface area contributed by atoms with Crippen LogP contribution < -0.4 is 10.6 Å². The standard InChI is InChI=1S/C11H22N2O2/c1-8-9(5-6-12-8)10(14)13-11(2,3)7-15-4/h8-9,12H,5-7H2,1-4H3,(H,13,14). The molecule has 0 aromatic heterocycles. The fraction of sp³-hybridized carbons (Fsp3) is 0.909. The van der Waals surface area contributed by atoms with Crippen LogP contribution >= 0.6 is 0 Å². The molecule has 4 heteroatoms. The summed E-state index contributed by atoms with van der Waals surface area (Å²) in [5.41, 5.74) is -0.284. The zero-order valence-electron chi connectivity index (χ0n) is 10.1. The van der Waals surface area contributed by atoms with Crippen molar-refractivity contribution in [2.75, 3.05) is 20.3 Å². The molecule has 1 aliphatic heterocycles. The molecular weight excluding hydrogens is 192 g/mol. The van der Waals surface area contributed by atoms with Crippen molar-refractivity contribution in [1.29, 1.82) is 0 Å². The van der Waals surface area contributed by atoms with E-state index in [1.54, 1.807) is 7.11 Å². The summed E-state index contributed by atoms with van der Waals surface area (Å²) in [7, 11) is 1.65. The van der Waals surface area contributed by atoms with Gasteiger partial charge in [-0.25, -0.2) is 0 Å². The minimum Gasteiger partial charge on any atom is -0.382 e. The van der Waals surface area contributed by atoms with Gasteiger partial charge in [0, 0.05) is 13.2 Å². The number of rotatable bonds is 4. The summed E-state index contributed by atoms with van der Waals surface area (Å²) in [4.78, 5) is 11.9. The van der Waals surface area contributed by atoms with Crippen molar-refractivity contribution in [2.24, 2.45) is 5.92 Å².